The molecule has 0 spiro atoms. The van der Waals surface area contributed by atoms with Crippen LogP contribution >= 0.6 is 11.6 Å². The second-order valence-corrected chi connectivity index (χ2v) is 10.2. The summed E-state index contributed by atoms with van der Waals surface area (Å²) < 4.78 is 0. The van der Waals surface area contributed by atoms with Crippen molar-refractivity contribution in [2.75, 3.05) is 0 Å². The van der Waals surface area contributed by atoms with Crippen molar-refractivity contribution in [1.29, 1.82) is 0 Å². The van der Waals surface area contributed by atoms with E-state index in [0.717, 1.165) is 16.1 Å². The summed E-state index contributed by atoms with van der Waals surface area (Å²) in [5.41, 5.74) is 12.0. The lowest BCUT2D eigenvalue weighted by Crippen LogP contribution is -2.28. The largest absolute Gasteiger partial charge is 0.0843 e. The van der Waals surface area contributed by atoms with Crippen LogP contribution in [0.15, 0.2) is 152 Å². The molecule has 0 heterocycles. The minimum Gasteiger partial charge on any atom is -0.0843 e. The zero-order chi connectivity index (χ0) is 25.5. The summed E-state index contributed by atoms with van der Waals surface area (Å²) >= 11 is 6.56. The second kappa shape index (κ2) is 9.17. The first-order valence-electron chi connectivity index (χ1n) is 13.0. The molecule has 0 unspecified atom stereocenters. The molecule has 0 aliphatic heterocycles. The van der Waals surface area contributed by atoms with E-state index in [9.17, 15) is 0 Å². The number of halogens is 1. The van der Waals surface area contributed by atoms with Crippen molar-refractivity contribution in [3.63, 3.8) is 0 Å². The monoisotopic (exact) mass is 504 g/mol. The zero-order valence-corrected chi connectivity index (χ0v) is 21.6. The van der Waals surface area contributed by atoms with Gasteiger partial charge < -0.3 is 0 Å². The fraction of sp³-hybridized carbons (Fsp3) is 0.0270. The molecular weight excluding hydrogens is 480 g/mol. The van der Waals surface area contributed by atoms with Crippen LogP contribution < -0.4 is 0 Å². The third-order valence-corrected chi connectivity index (χ3v) is 8.07. The number of fused-ring (bicyclic) bond motifs is 3. The van der Waals surface area contributed by atoms with E-state index >= 15 is 0 Å². The van der Waals surface area contributed by atoms with Crippen LogP contribution in [-0.4, -0.2) is 0 Å². The van der Waals surface area contributed by atoms with Crippen LogP contribution in [0, 0.1) is 0 Å². The van der Waals surface area contributed by atoms with Crippen molar-refractivity contribution in [1.82, 2.24) is 0 Å². The molecule has 1 heteroatoms. The molecule has 0 saturated heterocycles. The molecule has 0 amide bonds. The fourth-order valence-electron chi connectivity index (χ4n) is 6.33. The lowest BCUT2D eigenvalue weighted by atomic mass is 9.67. The molecule has 0 atom stereocenters. The van der Waals surface area contributed by atoms with Crippen LogP contribution in [0.1, 0.15) is 22.3 Å². The van der Waals surface area contributed by atoms with Crippen LogP contribution in [-0.2, 0) is 5.41 Å². The van der Waals surface area contributed by atoms with Gasteiger partial charge in [-0.1, -0.05) is 151 Å². The maximum atomic E-state index is 6.56. The highest BCUT2D eigenvalue weighted by Crippen LogP contribution is 2.58. The Hall–Kier alpha value is -4.39. The van der Waals surface area contributed by atoms with Gasteiger partial charge in [-0.2, -0.15) is 0 Å². The Morgan fingerprint density at radius 3 is 1.63 bits per heavy atom. The summed E-state index contributed by atoms with van der Waals surface area (Å²) in [4.78, 5) is 0. The first-order chi connectivity index (χ1) is 18.8. The topological polar surface area (TPSA) is 0 Å². The van der Waals surface area contributed by atoms with Crippen molar-refractivity contribution >= 4 is 11.6 Å². The average molecular weight is 505 g/mol. The van der Waals surface area contributed by atoms with Crippen molar-refractivity contribution < 1.29 is 0 Å². The smallest absolute Gasteiger partial charge is 0.0713 e. The van der Waals surface area contributed by atoms with Gasteiger partial charge in [-0.15, -0.1) is 0 Å². The summed E-state index contributed by atoms with van der Waals surface area (Å²) in [6.45, 7) is 0. The average Bonchev–Trinajstić information content (AvgIpc) is 3.30. The molecule has 1 aliphatic rings. The molecule has 180 valence electrons. The molecule has 0 nitrogen and oxygen atoms in total. The quantitative estimate of drug-likeness (QED) is 0.223. The van der Waals surface area contributed by atoms with Gasteiger partial charge in [0.1, 0.15) is 0 Å². The van der Waals surface area contributed by atoms with Crippen molar-refractivity contribution in [2.45, 2.75) is 5.41 Å². The Balaban J connectivity index is 1.60. The summed E-state index contributed by atoms with van der Waals surface area (Å²) in [7, 11) is 0. The lowest BCUT2D eigenvalue weighted by molar-refractivity contribution is 0.768. The van der Waals surface area contributed by atoms with Crippen LogP contribution in [0.2, 0.25) is 5.02 Å². The van der Waals surface area contributed by atoms with E-state index in [-0.39, 0.29) is 0 Å². The minimum atomic E-state index is -0.413. The third-order valence-electron chi connectivity index (χ3n) is 7.84. The molecule has 1 aliphatic carbocycles. The fourth-order valence-corrected chi connectivity index (χ4v) is 6.50. The normalized spacial score (nSPS) is 13.1. The number of hydrogen-bond acceptors (Lipinski definition) is 0. The highest BCUT2D eigenvalue weighted by Gasteiger charge is 2.46. The Bertz CT molecular complexity index is 1710. The Kier molecular flexibility index (Phi) is 5.50. The molecule has 0 aromatic heterocycles. The molecule has 0 N–H and O–H groups in total. The maximum absolute atomic E-state index is 6.56. The highest BCUT2D eigenvalue weighted by atomic mass is 35.5. The highest BCUT2D eigenvalue weighted by molar-refractivity contribution is 6.31. The standard InChI is InChI=1S/C37H25Cl/c38-29-23-24-30(33(25-29)26-13-4-1-5-14-26)31-20-12-22-35-36(31)32-19-10-11-21-34(32)37(35,27-15-6-2-7-16-27)28-17-8-3-9-18-28/h1-25H. The first kappa shape index (κ1) is 22.8. The van der Waals surface area contributed by atoms with Gasteiger partial charge >= 0.3 is 0 Å². The molecule has 0 fully saturated rings. The van der Waals surface area contributed by atoms with Gasteiger partial charge in [-0.05, 0) is 67.8 Å². The molecule has 7 rings (SSSR count). The van der Waals surface area contributed by atoms with Gasteiger partial charge in [0.05, 0.1) is 5.41 Å². The van der Waals surface area contributed by atoms with E-state index < -0.39 is 5.41 Å². The van der Waals surface area contributed by atoms with Crippen molar-refractivity contribution in [3.05, 3.63) is 179 Å². The summed E-state index contributed by atoms with van der Waals surface area (Å²) in [6, 6.07) is 54.4. The number of rotatable bonds is 4. The Labute approximate surface area is 228 Å². The lowest BCUT2D eigenvalue weighted by Gasteiger charge is -2.34. The maximum Gasteiger partial charge on any atom is 0.0713 e. The van der Waals surface area contributed by atoms with Gasteiger partial charge in [-0.25, -0.2) is 0 Å². The van der Waals surface area contributed by atoms with Gasteiger partial charge in [-0.3, -0.25) is 0 Å². The van der Waals surface area contributed by atoms with Crippen molar-refractivity contribution in [3.8, 4) is 33.4 Å². The first-order valence-corrected chi connectivity index (χ1v) is 13.4. The molecule has 0 saturated carbocycles. The molecule has 6 aromatic rings. The summed E-state index contributed by atoms with van der Waals surface area (Å²) in [6.07, 6.45) is 0. The summed E-state index contributed by atoms with van der Waals surface area (Å²) in [5.74, 6) is 0. The predicted molar refractivity (Wildman–Crippen MR) is 160 cm³/mol. The van der Waals surface area contributed by atoms with Crippen LogP contribution in [0.5, 0.6) is 0 Å². The Morgan fingerprint density at radius 1 is 0.395 bits per heavy atom. The van der Waals surface area contributed by atoms with Crippen LogP contribution in [0.25, 0.3) is 33.4 Å². The Morgan fingerprint density at radius 2 is 0.947 bits per heavy atom. The zero-order valence-electron chi connectivity index (χ0n) is 20.8. The van der Waals surface area contributed by atoms with Crippen LogP contribution in [0.3, 0.4) is 0 Å². The van der Waals surface area contributed by atoms with E-state index in [1.54, 1.807) is 0 Å². The van der Waals surface area contributed by atoms with Gasteiger partial charge in [0.25, 0.3) is 0 Å². The van der Waals surface area contributed by atoms with E-state index in [2.05, 4.69) is 146 Å². The SMILES string of the molecule is Clc1ccc(-c2cccc3c2-c2ccccc2C3(c2ccccc2)c2ccccc2)c(-c2ccccc2)c1. The van der Waals surface area contributed by atoms with Crippen LogP contribution in [0.4, 0.5) is 0 Å². The third kappa shape index (κ3) is 3.38. The van der Waals surface area contributed by atoms with E-state index in [4.69, 9.17) is 11.6 Å². The van der Waals surface area contributed by atoms with Gasteiger partial charge in [0.2, 0.25) is 0 Å². The van der Waals surface area contributed by atoms with E-state index in [1.165, 1.54) is 44.5 Å². The second-order valence-electron chi connectivity index (χ2n) is 9.81. The number of benzene rings is 6. The predicted octanol–water partition coefficient (Wildman–Crippen LogP) is 10.0. The van der Waals surface area contributed by atoms with Gasteiger partial charge in [0, 0.05) is 5.02 Å². The number of hydrogen-bond donors (Lipinski definition) is 0. The molecule has 0 radical (unpaired) electrons. The molecule has 0 bridgehead atoms. The van der Waals surface area contributed by atoms with Gasteiger partial charge in [0.15, 0.2) is 0 Å². The van der Waals surface area contributed by atoms with E-state index in [0.29, 0.717) is 0 Å². The van der Waals surface area contributed by atoms with E-state index in [1.807, 2.05) is 6.07 Å². The molecule has 38 heavy (non-hydrogen) atoms. The molecule has 6 aromatic carbocycles. The molecular formula is C37H25Cl. The summed E-state index contributed by atoms with van der Waals surface area (Å²) in [5, 5.41) is 0.739. The minimum absolute atomic E-state index is 0.413. The van der Waals surface area contributed by atoms with Crippen molar-refractivity contribution in [2.24, 2.45) is 0 Å².